The molecule has 0 unspecified atom stereocenters. The molecule has 0 aliphatic heterocycles. The van der Waals surface area contributed by atoms with Crippen molar-refractivity contribution >= 4 is 35.5 Å². The molecule has 10 nitrogen and oxygen atoms in total. The first-order valence-electron chi connectivity index (χ1n) is 17.1. The van der Waals surface area contributed by atoms with E-state index in [1.807, 2.05) is 0 Å². The van der Waals surface area contributed by atoms with E-state index in [1.54, 1.807) is 75.4 Å². The molecule has 284 valence electrons. The maximum absolute atomic E-state index is 14.4. The van der Waals surface area contributed by atoms with Gasteiger partial charge >= 0.3 is 30.1 Å². The fourth-order valence-electron chi connectivity index (χ4n) is 5.84. The van der Waals surface area contributed by atoms with Crippen molar-refractivity contribution in [3.63, 3.8) is 0 Å². The maximum Gasteiger partial charge on any atom is 0.416 e. The number of carbonyl (C=O) groups is 5. The summed E-state index contributed by atoms with van der Waals surface area (Å²) in [7, 11) is 2.88. The molecule has 0 aliphatic carbocycles. The van der Waals surface area contributed by atoms with Crippen molar-refractivity contribution in [1.82, 2.24) is 4.90 Å². The molecule has 0 heterocycles. The molecule has 0 N–H and O–H groups in total. The van der Waals surface area contributed by atoms with Crippen molar-refractivity contribution in [2.24, 2.45) is 0 Å². The molecule has 0 saturated carbocycles. The molecule has 0 bridgehead atoms. The molecule has 0 aromatic heterocycles. The van der Waals surface area contributed by atoms with E-state index in [9.17, 15) is 37.1 Å². The van der Waals surface area contributed by atoms with Gasteiger partial charge in [0.05, 0.1) is 37.5 Å². The SMILES string of the molecule is CCOC(=O)C(CCOC(=O)Cc1ccccc1N(C(=O)c1ccc(C)cc1-c1ccc(C(F)(F)F)cc1)C(=O)N(C)C)(C(=O)OCC)c1ccccc1. The third kappa shape index (κ3) is 9.14. The lowest BCUT2D eigenvalue weighted by Gasteiger charge is -2.29. The van der Waals surface area contributed by atoms with E-state index in [0.29, 0.717) is 16.7 Å². The highest BCUT2D eigenvalue weighted by atomic mass is 19.4. The normalized spacial score (nSPS) is 11.3. The minimum absolute atomic E-state index is 0.0152. The molecule has 0 atom stereocenters. The predicted molar refractivity (Wildman–Crippen MR) is 195 cm³/mol. The highest BCUT2D eigenvalue weighted by Crippen LogP contribution is 2.35. The number of anilines is 1. The van der Waals surface area contributed by atoms with Crippen LogP contribution in [-0.4, -0.2) is 68.7 Å². The minimum Gasteiger partial charge on any atom is -0.465 e. The zero-order valence-corrected chi connectivity index (χ0v) is 30.6. The summed E-state index contributed by atoms with van der Waals surface area (Å²) < 4.78 is 56.1. The number of alkyl halides is 3. The molecule has 4 aromatic rings. The molecule has 4 aromatic carbocycles. The number of para-hydroxylation sites is 1. The number of benzene rings is 4. The summed E-state index contributed by atoms with van der Waals surface area (Å²) in [4.78, 5) is 70.3. The van der Waals surface area contributed by atoms with Crippen LogP contribution in [-0.2, 0) is 46.6 Å². The Morgan fingerprint density at radius 2 is 1.30 bits per heavy atom. The topological polar surface area (TPSA) is 120 Å². The minimum atomic E-state index is -4.56. The summed E-state index contributed by atoms with van der Waals surface area (Å²) in [6, 6.07) is 22.7. The number of esters is 3. The first kappa shape index (κ1) is 40.8. The van der Waals surface area contributed by atoms with Crippen LogP contribution in [0.4, 0.5) is 23.7 Å². The number of amides is 3. The van der Waals surface area contributed by atoms with Crippen LogP contribution >= 0.6 is 0 Å². The van der Waals surface area contributed by atoms with Crippen molar-refractivity contribution < 1.29 is 51.4 Å². The van der Waals surface area contributed by atoms with Gasteiger partial charge in [-0.25, -0.2) is 9.69 Å². The lowest BCUT2D eigenvalue weighted by molar-refractivity contribution is -0.167. The fourth-order valence-corrected chi connectivity index (χ4v) is 5.84. The summed E-state index contributed by atoms with van der Waals surface area (Å²) in [6.45, 7) is 4.53. The van der Waals surface area contributed by atoms with Crippen LogP contribution in [0.25, 0.3) is 11.1 Å². The number of hydrogen-bond acceptors (Lipinski definition) is 8. The number of rotatable bonds is 13. The maximum atomic E-state index is 14.4. The lowest BCUT2D eigenvalue weighted by Crippen LogP contribution is -2.47. The first-order chi connectivity index (χ1) is 25.6. The van der Waals surface area contributed by atoms with Gasteiger partial charge in [0.25, 0.3) is 5.91 Å². The fraction of sp³-hybridized carbons (Fsp3) is 0.293. The monoisotopic (exact) mass is 746 g/mol. The Balaban J connectivity index is 1.66. The second kappa shape index (κ2) is 17.7. The molecule has 0 spiro atoms. The highest BCUT2D eigenvalue weighted by molar-refractivity contribution is 6.23. The number of aryl methyl sites for hydroxylation is 1. The van der Waals surface area contributed by atoms with Crippen molar-refractivity contribution in [3.8, 4) is 11.1 Å². The Morgan fingerprint density at radius 1 is 0.704 bits per heavy atom. The van der Waals surface area contributed by atoms with Crippen molar-refractivity contribution in [2.75, 3.05) is 38.8 Å². The van der Waals surface area contributed by atoms with Gasteiger partial charge in [-0.2, -0.15) is 13.2 Å². The van der Waals surface area contributed by atoms with E-state index in [-0.39, 0.29) is 36.4 Å². The molecule has 13 heteroatoms. The van der Waals surface area contributed by atoms with Crippen molar-refractivity contribution in [1.29, 1.82) is 0 Å². The van der Waals surface area contributed by atoms with Gasteiger partial charge in [0.1, 0.15) is 0 Å². The third-order valence-electron chi connectivity index (χ3n) is 8.53. The number of nitrogens with zero attached hydrogens (tertiary/aromatic N) is 2. The summed E-state index contributed by atoms with van der Waals surface area (Å²) in [5.41, 5.74) is -0.816. The van der Waals surface area contributed by atoms with E-state index in [0.717, 1.165) is 22.6 Å². The molecule has 0 saturated heterocycles. The van der Waals surface area contributed by atoms with Crippen LogP contribution in [0.15, 0.2) is 97.1 Å². The van der Waals surface area contributed by atoms with E-state index in [2.05, 4.69) is 0 Å². The number of carbonyl (C=O) groups excluding carboxylic acids is 5. The second-order valence-electron chi connectivity index (χ2n) is 12.4. The van der Waals surface area contributed by atoms with Crippen LogP contribution in [0, 0.1) is 6.92 Å². The summed E-state index contributed by atoms with van der Waals surface area (Å²) in [5.74, 6) is -3.30. The van der Waals surface area contributed by atoms with E-state index < -0.39 is 60.0 Å². The van der Waals surface area contributed by atoms with Gasteiger partial charge in [-0.15, -0.1) is 0 Å². The smallest absolute Gasteiger partial charge is 0.416 e. The quantitative estimate of drug-likeness (QED) is 0.0782. The number of halogens is 3. The Hall–Kier alpha value is -5.98. The van der Waals surface area contributed by atoms with Gasteiger partial charge in [0.2, 0.25) is 0 Å². The van der Waals surface area contributed by atoms with Gasteiger partial charge in [-0.1, -0.05) is 78.4 Å². The molecule has 54 heavy (non-hydrogen) atoms. The van der Waals surface area contributed by atoms with E-state index in [1.165, 1.54) is 49.3 Å². The Bertz CT molecular complexity index is 1960. The van der Waals surface area contributed by atoms with Gasteiger partial charge in [0.15, 0.2) is 5.41 Å². The molecule has 3 amide bonds. The number of imide groups is 1. The number of hydrogen-bond donors (Lipinski definition) is 0. The summed E-state index contributed by atoms with van der Waals surface area (Å²) in [6.07, 6.45) is -5.28. The molecule has 4 rings (SSSR count). The number of ether oxygens (including phenoxy) is 3. The van der Waals surface area contributed by atoms with Gasteiger partial charge in [-0.05, 0) is 67.3 Å². The van der Waals surface area contributed by atoms with Crippen LogP contribution in [0.5, 0.6) is 0 Å². The molecule has 0 radical (unpaired) electrons. The average Bonchev–Trinajstić information content (AvgIpc) is 3.14. The zero-order chi connectivity index (χ0) is 39.6. The van der Waals surface area contributed by atoms with E-state index in [4.69, 9.17) is 14.2 Å². The van der Waals surface area contributed by atoms with Crippen molar-refractivity contribution in [3.05, 3.63) is 125 Å². The Kier molecular flexibility index (Phi) is 13.4. The Morgan fingerprint density at radius 3 is 1.87 bits per heavy atom. The van der Waals surface area contributed by atoms with Gasteiger partial charge < -0.3 is 19.1 Å². The number of urea groups is 1. The van der Waals surface area contributed by atoms with E-state index >= 15 is 0 Å². The van der Waals surface area contributed by atoms with Crippen LogP contribution in [0.2, 0.25) is 0 Å². The van der Waals surface area contributed by atoms with Crippen molar-refractivity contribution in [2.45, 2.75) is 45.2 Å². The molecular weight excluding hydrogens is 705 g/mol. The van der Waals surface area contributed by atoms with Gasteiger partial charge in [-0.3, -0.25) is 19.2 Å². The highest BCUT2D eigenvalue weighted by Gasteiger charge is 2.50. The molecular formula is C41H41F3N2O8. The second-order valence-corrected chi connectivity index (χ2v) is 12.4. The van der Waals surface area contributed by atoms with Crippen LogP contribution in [0.1, 0.15) is 52.9 Å². The summed E-state index contributed by atoms with van der Waals surface area (Å²) >= 11 is 0. The van der Waals surface area contributed by atoms with Crippen LogP contribution in [0.3, 0.4) is 0 Å². The average molecular weight is 747 g/mol. The first-order valence-corrected chi connectivity index (χ1v) is 17.1. The summed E-state index contributed by atoms with van der Waals surface area (Å²) in [5, 5.41) is 0. The van der Waals surface area contributed by atoms with Gasteiger partial charge in [0, 0.05) is 26.1 Å². The standard InChI is InChI=1S/C41H41F3N2O8/c1-6-52-37(49)40(38(50)53-7-2,30-14-9-8-10-15-30)23-24-54-35(47)26-29-13-11-12-16-34(29)46(39(51)45(4)5)36(48)32-22-17-27(3)25-33(32)28-18-20-31(21-19-28)41(42,43)44/h8-22,25H,6-7,23-24,26H2,1-5H3. The molecule has 0 aliphatic rings. The molecule has 0 fully saturated rings. The lowest BCUT2D eigenvalue weighted by atomic mass is 9.77. The Labute approximate surface area is 311 Å². The predicted octanol–water partition coefficient (Wildman–Crippen LogP) is 7.55. The van der Waals surface area contributed by atoms with Crippen LogP contribution < -0.4 is 4.90 Å². The zero-order valence-electron chi connectivity index (χ0n) is 30.6. The third-order valence-corrected chi connectivity index (χ3v) is 8.53. The largest absolute Gasteiger partial charge is 0.465 e.